The van der Waals surface area contributed by atoms with Gasteiger partial charge in [0.25, 0.3) is 0 Å². The van der Waals surface area contributed by atoms with Gasteiger partial charge in [-0.05, 0) is 12.8 Å². The minimum absolute atomic E-state index is 0.368. The summed E-state index contributed by atoms with van der Waals surface area (Å²) in [7, 11) is 0. The minimum atomic E-state index is -4.40. The highest BCUT2D eigenvalue weighted by Crippen LogP contribution is 2.23. The van der Waals surface area contributed by atoms with Crippen molar-refractivity contribution in [2.24, 2.45) is 0 Å². The highest BCUT2D eigenvalue weighted by Gasteiger charge is 2.42. The predicted molar refractivity (Wildman–Crippen MR) is 78.6 cm³/mol. The molecule has 0 fully saturated rings. The van der Waals surface area contributed by atoms with E-state index in [4.69, 9.17) is 4.74 Å². The molecule has 0 aliphatic heterocycles. The van der Waals surface area contributed by atoms with Crippen LogP contribution in [0.5, 0.6) is 0 Å². The number of halogens is 4. The highest BCUT2D eigenvalue weighted by atomic mass is 19.3. The van der Waals surface area contributed by atoms with Crippen LogP contribution in [0.2, 0.25) is 0 Å². The van der Waals surface area contributed by atoms with Gasteiger partial charge < -0.3 is 9.47 Å². The van der Waals surface area contributed by atoms with E-state index in [2.05, 4.69) is 16.6 Å². The monoisotopic (exact) mass is 354 g/mol. The number of alkyl halides is 4. The molecule has 4 nitrogen and oxygen atoms in total. The Hall–Kier alpha value is -1.78. The Morgan fingerprint density at radius 3 is 2.25 bits per heavy atom. The lowest BCUT2D eigenvalue weighted by Crippen LogP contribution is -2.33. The molecule has 0 N–H and O–H groups in total. The molecule has 0 bridgehead atoms. The second-order valence-electron chi connectivity index (χ2n) is 5.05. The van der Waals surface area contributed by atoms with Crippen molar-refractivity contribution in [1.82, 2.24) is 0 Å². The molecule has 138 valence electrons. The van der Waals surface area contributed by atoms with Crippen LogP contribution in [-0.2, 0) is 19.1 Å². The number of esters is 2. The number of carbonyl (C=O) groups is 2. The lowest BCUT2D eigenvalue weighted by molar-refractivity contribution is -0.180. The molecule has 0 aromatic rings. The maximum Gasteiger partial charge on any atom is 0.340 e. The molecule has 1 unspecified atom stereocenters. The van der Waals surface area contributed by atoms with Crippen molar-refractivity contribution in [3.05, 3.63) is 0 Å². The first-order valence-corrected chi connectivity index (χ1v) is 7.69. The molecule has 0 aromatic heterocycles. The standard InChI is InChI=1S/C16H22F4O4/c1-3-5-6-7-8-12(4-2)24-14(22)10-9-13(21)23-11-16(19,20)15(17)18/h12,15H,3-5,8-11H2,1-2H3. The molecule has 24 heavy (non-hydrogen) atoms. The van der Waals surface area contributed by atoms with Crippen LogP contribution >= 0.6 is 0 Å². The highest BCUT2D eigenvalue weighted by molar-refractivity contribution is 5.77. The maximum absolute atomic E-state index is 12.6. The number of unbranched alkanes of at least 4 members (excludes halogenated alkanes) is 1. The fraction of sp³-hybridized carbons (Fsp3) is 0.750. The van der Waals surface area contributed by atoms with Gasteiger partial charge in [0.2, 0.25) is 0 Å². The largest absolute Gasteiger partial charge is 0.461 e. The van der Waals surface area contributed by atoms with Crippen molar-refractivity contribution in [2.75, 3.05) is 6.61 Å². The third-order valence-electron chi connectivity index (χ3n) is 2.86. The summed E-state index contributed by atoms with van der Waals surface area (Å²) in [4.78, 5) is 22.8. The summed E-state index contributed by atoms with van der Waals surface area (Å²) in [6, 6.07) is 0. The summed E-state index contributed by atoms with van der Waals surface area (Å²) >= 11 is 0. The molecule has 0 aliphatic rings. The zero-order chi connectivity index (χ0) is 18.6. The van der Waals surface area contributed by atoms with Gasteiger partial charge in [0.15, 0.2) is 6.61 Å². The molecule has 0 amide bonds. The molecule has 0 spiro atoms. The van der Waals surface area contributed by atoms with Gasteiger partial charge >= 0.3 is 24.3 Å². The van der Waals surface area contributed by atoms with E-state index in [0.717, 1.165) is 12.8 Å². The molecular weight excluding hydrogens is 332 g/mol. The lowest BCUT2D eigenvalue weighted by atomic mass is 10.2. The normalized spacial score (nSPS) is 12.3. The van der Waals surface area contributed by atoms with E-state index in [-0.39, 0.29) is 6.42 Å². The summed E-state index contributed by atoms with van der Waals surface area (Å²) in [5.41, 5.74) is 0. The quantitative estimate of drug-likeness (QED) is 0.341. The van der Waals surface area contributed by atoms with Gasteiger partial charge in [0, 0.05) is 12.8 Å². The molecule has 0 aromatic carbocycles. The van der Waals surface area contributed by atoms with Gasteiger partial charge in [-0.15, -0.1) is 5.92 Å². The van der Waals surface area contributed by atoms with E-state index in [0.29, 0.717) is 12.8 Å². The Labute approximate surface area is 138 Å². The Morgan fingerprint density at radius 2 is 1.71 bits per heavy atom. The van der Waals surface area contributed by atoms with E-state index < -0.39 is 43.4 Å². The number of carbonyl (C=O) groups excluding carboxylic acids is 2. The van der Waals surface area contributed by atoms with Crippen LogP contribution in [0, 0.1) is 11.8 Å². The molecular formula is C16H22F4O4. The van der Waals surface area contributed by atoms with E-state index in [1.165, 1.54) is 0 Å². The molecule has 0 aliphatic carbocycles. The fourth-order valence-electron chi connectivity index (χ4n) is 1.43. The van der Waals surface area contributed by atoms with Crippen LogP contribution in [0.15, 0.2) is 0 Å². The van der Waals surface area contributed by atoms with Gasteiger partial charge in [-0.25, -0.2) is 8.78 Å². The average Bonchev–Trinajstić information content (AvgIpc) is 2.53. The summed E-state index contributed by atoms with van der Waals surface area (Å²) in [5, 5.41) is 0. The van der Waals surface area contributed by atoms with Crippen molar-refractivity contribution < 1.29 is 36.6 Å². The summed E-state index contributed by atoms with van der Waals surface area (Å²) in [6.07, 6.45) is -2.65. The van der Waals surface area contributed by atoms with Crippen LogP contribution in [0.3, 0.4) is 0 Å². The molecule has 0 saturated heterocycles. The van der Waals surface area contributed by atoms with E-state index >= 15 is 0 Å². The Kier molecular flexibility index (Phi) is 10.8. The predicted octanol–water partition coefficient (Wildman–Crippen LogP) is 3.73. The van der Waals surface area contributed by atoms with Gasteiger partial charge in [0.1, 0.15) is 6.10 Å². The fourth-order valence-corrected chi connectivity index (χ4v) is 1.43. The van der Waals surface area contributed by atoms with Crippen LogP contribution < -0.4 is 0 Å². The Morgan fingerprint density at radius 1 is 1.08 bits per heavy atom. The van der Waals surface area contributed by atoms with E-state index in [1.54, 1.807) is 6.92 Å². The molecule has 0 heterocycles. The summed E-state index contributed by atoms with van der Waals surface area (Å²) < 4.78 is 58.0. The van der Waals surface area contributed by atoms with Crippen LogP contribution in [0.4, 0.5) is 17.6 Å². The molecule has 0 saturated carbocycles. The molecule has 0 rings (SSSR count). The van der Waals surface area contributed by atoms with Gasteiger partial charge in [-0.3, -0.25) is 9.59 Å². The average molecular weight is 354 g/mol. The van der Waals surface area contributed by atoms with Crippen molar-refractivity contribution in [3.63, 3.8) is 0 Å². The first kappa shape index (κ1) is 22.2. The zero-order valence-corrected chi connectivity index (χ0v) is 13.7. The second-order valence-corrected chi connectivity index (χ2v) is 5.05. The third kappa shape index (κ3) is 10.1. The smallest absolute Gasteiger partial charge is 0.340 e. The lowest BCUT2D eigenvalue weighted by Gasteiger charge is -2.15. The van der Waals surface area contributed by atoms with Crippen molar-refractivity contribution in [1.29, 1.82) is 0 Å². The van der Waals surface area contributed by atoms with Crippen LogP contribution in [-0.4, -0.2) is 37.0 Å². The van der Waals surface area contributed by atoms with E-state index in [1.807, 2.05) is 6.92 Å². The second kappa shape index (κ2) is 11.7. The van der Waals surface area contributed by atoms with Gasteiger partial charge in [-0.1, -0.05) is 19.8 Å². The van der Waals surface area contributed by atoms with Crippen LogP contribution in [0.25, 0.3) is 0 Å². The van der Waals surface area contributed by atoms with E-state index in [9.17, 15) is 27.2 Å². The number of hydrogen-bond donors (Lipinski definition) is 0. The van der Waals surface area contributed by atoms with Crippen molar-refractivity contribution in [2.45, 2.75) is 70.8 Å². The first-order chi connectivity index (χ1) is 11.2. The minimum Gasteiger partial charge on any atom is -0.461 e. The number of ether oxygens (including phenoxy) is 2. The zero-order valence-electron chi connectivity index (χ0n) is 13.7. The Bertz CT molecular complexity index is 455. The van der Waals surface area contributed by atoms with Crippen molar-refractivity contribution in [3.8, 4) is 11.8 Å². The SMILES string of the molecule is CCCC#CCC(CC)OC(=O)CCC(=O)OCC(F)(F)C(F)F. The maximum atomic E-state index is 12.6. The number of rotatable bonds is 10. The summed E-state index contributed by atoms with van der Waals surface area (Å²) in [5.74, 6) is -0.466. The summed E-state index contributed by atoms with van der Waals surface area (Å²) in [6.45, 7) is 2.07. The van der Waals surface area contributed by atoms with Crippen molar-refractivity contribution >= 4 is 11.9 Å². The molecule has 1 atom stereocenters. The molecule has 8 heteroatoms. The van der Waals surface area contributed by atoms with Gasteiger partial charge in [0.05, 0.1) is 12.8 Å². The number of hydrogen-bond acceptors (Lipinski definition) is 4. The van der Waals surface area contributed by atoms with Gasteiger partial charge in [-0.2, -0.15) is 8.78 Å². The Balaban J connectivity index is 4.11. The third-order valence-corrected chi connectivity index (χ3v) is 2.86. The van der Waals surface area contributed by atoms with Crippen LogP contribution in [0.1, 0.15) is 52.4 Å². The topological polar surface area (TPSA) is 52.6 Å². The molecule has 0 radical (unpaired) electrons. The first-order valence-electron chi connectivity index (χ1n) is 7.69.